The first-order chi connectivity index (χ1) is 14.6. The zero-order chi connectivity index (χ0) is 21.3. The number of ether oxygens (including phenoxy) is 1. The average Bonchev–Trinajstić information content (AvgIpc) is 3.25. The van der Waals surface area contributed by atoms with Crippen LogP contribution in [-0.2, 0) is 16.0 Å². The summed E-state index contributed by atoms with van der Waals surface area (Å²) in [5.41, 5.74) is 1.40. The van der Waals surface area contributed by atoms with Gasteiger partial charge in [0.2, 0.25) is 23.5 Å². The van der Waals surface area contributed by atoms with E-state index in [4.69, 9.17) is 9.26 Å². The van der Waals surface area contributed by atoms with Gasteiger partial charge in [-0.15, -0.1) is 0 Å². The molecule has 0 saturated heterocycles. The quantitative estimate of drug-likeness (QED) is 0.578. The Morgan fingerprint density at radius 3 is 2.73 bits per heavy atom. The Morgan fingerprint density at radius 2 is 2.00 bits per heavy atom. The Bertz CT molecular complexity index is 990. The molecule has 2 aromatic heterocycles. The summed E-state index contributed by atoms with van der Waals surface area (Å²) in [4.78, 5) is 34.6. The fourth-order valence-electron chi connectivity index (χ4n) is 2.80. The molecule has 2 amide bonds. The summed E-state index contributed by atoms with van der Waals surface area (Å²) in [6.45, 7) is 2.19. The topological polar surface area (TPSA) is 110 Å². The van der Waals surface area contributed by atoms with Gasteiger partial charge in [-0.25, -0.2) is 0 Å². The maximum absolute atomic E-state index is 12.5. The Kier molecular flexibility index (Phi) is 7.09. The summed E-state index contributed by atoms with van der Waals surface area (Å²) in [6, 6.07) is 10.6. The number of rotatable bonds is 9. The fraction of sp³-hybridized carbons (Fsp3) is 0.286. The molecule has 0 unspecified atom stereocenters. The Morgan fingerprint density at radius 1 is 1.20 bits per heavy atom. The number of nitrogens with zero attached hydrogens (tertiary/aromatic N) is 4. The van der Waals surface area contributed by atoms with E-state index in [9.17, 15) is 9.59 Å². The lowest BCUT2D eigenvalue weighted by Gasteiger charge is -2.20. The van der Waals surface area contributed by atoms with E-state index < -0.39 is 0 Å². The van der Waals surface area contributed by atoms with Crippen LogP contribution in [0.3, 0.4) is 0 Å². The van der Waals surface area contributed by atoms with Gasteiger partial charge >= 0.3 is 0 Å². The second kappa shape index (κ2) is 10.1. The number of anilines is 1. The number of pyridine rings is 1. The van der Waals surface area contributed by atoms with Gasteiger partial charge in [-0.1, -0.05) is 11.2 Å². The highest BCUT2D eigenvalue weighted by atomic mass is 16.5. The van der Waals surface area contributed by atoms with Gasteiger partial charge in [0.25, 0.3) is 0 Å². The second-order valence-electron chi connectivity index (χ2n) is 6.44. The van der Waals surface area contributed by atoms with E-state index in [1.165, 1.54) is 4.90 Å². The minimum atomic E-state index is -0.281. The van der Waals surface area contributed by atoms with E-state index in [1.54, 1.807) is 55.9 Å². The predicted molar refractivity (Wildman–Crippen MR) is 110 cm³/mol. The fourth-order valence-corrected chi connectivity index (χ4v) is 2.80. The SMILES string of the molecule is CCN(CC(=O)Nc1cccc(OC)c1)C(=O)CCc1nc(-c2ccncc2)no1. The highest BCUT2D eigenvalue weighted by molar-refractivity contribution is 5.94. The lowest BCUT2D eigenvalue weighted by atomic mass is 10.2. The molecule has 0 spiro atoms. The van der Waals surface area contributed by atoms with Crippen LogP contribution in [0.15, 0.2) is 53.3 Å². The molecule has 9 nitrogen and oxygen atoms in total. The predicted octanol–water partition coefficient (Wildman–Crippen LogP) is 2.56. The first-order valence-electron chi connectivity index (χ1n) is 9.53. The normalized spacial score (nSPS) is 10.5. The van der Waals surface area contributed by atoms with Crippen molar-refractivity contribution in [2.45, 2.75) is 19.8 Å². The molecule has 156 valence electrons. The van der Waals surface area contributed by atoms with Gasteiger partial charge in [-0.3, -0.25) is 14.6 Å². The zero-order valence-corrected chi connectivity index (χ0v) is 16.9. The van der Waals surface area contributed by atoms with E-state index in [2.05, 4.69) is 20.4 Å². The number of likely N-dealkylation sites (N-methyl/N-ethyl adjacent to an activating group) is 1. The summed E-state index contributed by atoms with van der Waals surface area (Å²) >= 11 is 0. The van der Waals surface area contributed by atoms with Crippen molar-refractivity contribution in [3.05, 3.63) is 54.7 Å². The number of aryl methyl sites for hydroxylation is 1. The number of nitrogens with one attached hydrogen (secondary N) is 1. The van der Waals surface area contributed by atoms with Crippen molar-refractivity contribution in [3.63, 3.8) is 0 Å². The Labute approximate surface area is 174 Å². The number of hydrogen-bond donors (Lipinski definition) is 1. The summed E-state index contributed by atoms with van der Waals surface area (Å²) < 4.78 is 10.4. The Balaban J connectivity index is 1.52. The van der Waals surface area contributed by atoms with Crippen LogP contribution in [0.2, 0.25) is 0 Å². The third kappa shape index (κ3) is 5.63. The largest absolute Gasteiger partial charge is 0.497 e. The monoisotopic (exact) mass is 409 g/mol. The van der Waals surface area contributed by atoms with Crippen LogP contribution >= 0.6 is 0 Å². The first kappa shape index (κ1) is 21.0. The third-order valence-corrected chi connectivity index (χ3v) is 4.38. The van der Waals surface area contributed by atoms with Crippen molar-refractivity contribution in [1.29, 1.82) is 0 Å². The first-order valence-corrected chi connectivity index (χ1v) is 9.53. The lowest BCUT2D eigenvalue weighted by Crippen LogP contribution is -2.38. The van der Waals surface area contributed by atoms with Gasteiger partial charge in [0, 0.05) is 49.1 Å². The van der Waals surface area contributed by atoms with Crippen LogP contribution in [0.5, 0.6) is 5.75 Å². The van der Waals surface area contributed by atoms with Crippen molar-refractivity contribution in [1.82, 2.24) is 20.0 Å². The molecule has 2 heterocycles. The van der Waals surface area contributed by atoms with Crippen molar-refractivity contribution < 1.29 is 18.8 Å². The van der Waals surface area contributed by atoms with E-state index in [0.29, 0.717) is 36.1 Å². The number of carbonyl (C=O) groups excluding carboxylic acids is 2. The van der Waals surface area contributed by atoms with Gasteiger partial charge in [-0.2, -0.15) is 4.98 Å². The van der Waals surface area contributed by atoms with Crippen LogP contribution in [-0.4, -0.2) is 52.0 Å². The van der Waals surface area contributed by atoms with E-state index >= 15 is 0 Å². The third-order valence-electron chi connectivity index (χ3n) is 4.38. The molecule has 0 fully saturated rings. The number of benzene rings is 1. The van der Waals surface area contributed by atoms with E-state index in [-0.39, 0.29) is 24.8 Å². The van der Waals surface area contributed by atoms with E-state index in [0.717, 1.165) is 5.56 Å². The van der Waals surface area contributed by atoms with Crippen molar-refractivity contribution >= 4 is 17.5 Å². The molecule has 0 aliphatic carbocycles. The number of carbonyl (C=O) groups is 2. The van der Waals surface area contributed by atoms with Crippen LogP contribution in [0.25, 0.3) is 11.4 Å². The summed E-state index contributed by atoms with van der Waals surface area (Å²) in [5, 5.41) is 6.70. The van der Waals surface area contributed by atoms with Crippen molar-refractivity contribution in [2.24, 2.45) is 0 Å². The smallest absolute Gasteiger partial charge is 0.243 e. The maximum atomic E-state index is 12.5. The van der Waals surface area contributed by atoms with Crippen molar-refractivity contribution in [2.75, 3.05) is 25.5 Å². The van der Waals surface area contributed by atoms with Crippen LogP contribution in [0.1, 0.15) is 19.2 Å². The van der Waals surface area contributed by atoms with Gasteiger partial charge in [0.1, 0.15) is 5.75 Å². The molecule has 3 aromatic rings. The Hall–Kier alpha value is -3.75. The standard InChI is InChI=1S/C21H23N5O4/c1-3-26(14-18(27)23-16-5-4-6-17(13-16)29-2)20(28)8-7-19-24-21(25-30-19)15-9-11-22-12-10-15/h4-6,9-13H,3,7-8,14H2,1-2H3,(H,23,27). The van der Waals surface area contributed by atoms with Crippen molar-refractivity contribution in [3.8, 4) is 17.1 Å². The zero-order valence-electron chi connectivity index (χ0n) is 16.9. The molecule has 0 radical (unpaired) electrons. The molecule has 30 heavy (non-hydrogen) atoms. The lowest BCUT2D eigenvalue weighted by molar-refractivity contribution is -0.134. The highest BCUT2D eigenvalue weighted by Gasteiger charge is 2.17. The minimum absolute atomic E-state index is 0.0430. The molecule has 0 aliphatic rings. The molecule has 3 rings (SSSR count). The second-order valence-corrected chi connectivity index (χ2v) is 6.44. The van der Waals surface area contributed by atoms with Gasteiger partial charge in [0.05, 0.1) is 13.7 Å². The summed E-state index contributed by atoms with van der Waals surface area (Å²) in [7, 11) is 1.56. The maximum Gasteiger partial charge on any atom is 0.243 e. The number of hydrogen-bond acceptors (Lipinski definition) is 7. The van der Waals surface area contributed by atoms with Gasteiger partial charge in [0.15, 0.2) is 0 Å². The number of aromatic nitrogens is 3. The highest BCUT2D eigenvalue weighted by Crippen LogP contribution is 2.17. The average molecular weight is 409 g/mol. The van der Waals surface area contributed by atoms with Gasteiger partial charge in [-0.05, 0) is 31.2 Å². The molecule has 0 saturated carbocycles. The number of amides is 2. The molecular formula is C21H23N5O4. The summed E-state index contributed by atoms with van der Waals surface area (Å²) in [5.74, 6) is 1.01. The minimum Gasteiger partial charge on any atom is -0.497 e. The van der Waals surface area contributed by atoms with Crippen LogP contribution in [0.4, 0.5) is 5.69 Å². The molecular weight excluding hydrogens is 386 g/mol. The molecule has 0 atom stereocenters. The van der Waals surface area contributed by atoms with Crippen LogP contribution in [0, 0.1) is 0 Å². The molecule has 9 heteroatoms. The van der Waals surface area contributed by atoms with Crippen LogP contribution < -0.4 is 10.1 Å². The molecule has 0 bridgehead atoms. The molecule has 1 N–H and O–H groups in total. The number of methoxy groups -OCH3 is 1. The van der Waals surface area contributed by atoms with E-state index in [1.807, 2.05) is 6.92 Å². The molecule has 0 aliphatic heterocycles. The van der Waals surface area contributed by atoms with Gasteiger partial charge < -0.3 is 19.5 Å². The summed E-state index contributed by atoms with van der Waals surface area (Å²) in [6.07, 6.45) is 3.75. The molecule has 1 aromatic carbocycles.